The van der Waals surface area contributed by atoms with Crippen molar-refractivity contribution >= 4 is 26.6 Å². The lowest BCUT2D eigenvalue weighted by atomic mass is 9.32. The van der Waals surface area contributed by atoms with Gasteiger partial charge in [-0.2, -0.15) is 12.6 Å². The van der Waals surface area contributed by atoms with Crippen molar-refractivity contribution < 1.29 is 9.39 Å². The van der Waals surface area contributed by atoms with Crippen LogP contribution in [0.4, 0.5) is 0 Å². The third-order valence-corrected chi connectivity index (χ3v) is 2.76. The van der Waals surface area contributed by atoms with Gasteiger partial charge in [0.2, 0.25) is 7.37 Å². The molecule has 88 valence electrons. The highest BCUT2D eigenvalue weighted by atomic mass is 32.1. The Labute approximate surface area is 101 Å². The molecule has 0 amide bonds. The van der Waals surface area contributed by atoms with Gasteiger partial charge in [-0.1, -0.05) is 13.6 Å². The van der Waals surface area contributed by atoms with Crippen LogP contribution in [0.5, 0.6) is 0 Å². The first-order chi connectivity index (χ1) is 6.68. The van der Waals surface area contributed by atoms with Gasteiger partial charge in [-0.3, -0.25) is 0 Å². The molecule has 0 aliphatic heterocycles. The zero-order valence-electron chi connectivity index (χ0n) is 11.0. The normalized spacial score (nSPS) is 12.7. The number of hydrogen-bond donors (Lipinski definition) is 1. The second kappa shape index (κ2) is 6.21. The Morgan fingerprint density at radius 2 is 1.67 bits per heavy atom. The quantitative estimate of drug-likeness (QED) is 0.533. The van der Waals surface area contributed by atoms with Crippen molar-refractivity contribution in [3.05, 3.63) is 0 Å². The molecule has 0 aliphatic rings. The maximum atomic E-state index is 5.78. The van der Waals surface area contributed by atoms with Gasteiger partial charge in [0.25, 0.3) is 0 Å². The van der Waals surface area contributed by atoms with Gasteiger partial charge in [-0.05, 0) is 27.7 Å². The van der Waals surface area contributed by atoms with Crippen molar-refractivity contribution in [1.29, 1.82) is 0 Å². The van der Waals surface area contributed by atoms with Crippen molar-refractivity contribution in [3.63, 3.8) is 0 Å². The third-order valence-electron chi connectivity index (χ3n) is 2.00. The summed E-state index contributed by atoms with van der Waals surface area (Å²) in [5.74, 6) is 0.716. The van der Waals surface area contributed by atoms with Crippen LogP contribution in [0.15, 0.2) is 0 Å². The van der Waals surface area contributed by atoms with E-state index in [1.54, 1.807) is 0 Å². The molecule has 0 unspecified atom stereocenters. The molecule has 0 N–H and O–H groups in total. The van der Waals surface area contributed by atoms with E-state index in [-0.39, 0.29) is 11.2 Å². The molecule has 0 radical (unpaired) electrons. The third kappa shape index (κ3) is 8.23. The molecule has 0 aromatic carbocycles. The lowest BCUT2D eigenvalue weighted by Crippen LogP contribution is -2.40. The topological polar surface area (TPSA) is 18.5 Å². The van der Waals surface area contributed by atoms with E-state index in [0.29, 0.717) is 19.0 Å². The predicted molar refractivity (Wildman–Crippen MR) is 73.7 cm³/mol. The number of rotatable bonds is 7. The summed E-state index contributed by atoms with van der Waals surface area (Å²) in [6, 6.07) is 0. The predicted octanol–water partition coefficient (Wildman–Crippen LogP) is 2.11. The minimum Gasteiger partial charge on any atom is -0.442 e. The molecule has 0 aromatic heterocycles. The van der Waals surface area contributed by atoms with Crippen LogP contribution < -0.4 is 0 Å². The van der Waals surface area contributed by atoms with E-state index >= 15 is 0 Å². The summed E-state index contributed by atoms with van der Waals surface area (Å²) >= 11 is 4.25. The van der Waals surface area contributed by atoms with E-state index in [2.05, 4.69) is 40.1 Å². The van der Waals surface area contributed by atoms with Gasteiger partial charge in [-0.25, -0.2) is 0 Å². The van der Waals surface area contributed by atoms with Crippen molar-refractivity contribution in [1.82, 2.24) is 0 Å². The first kappa shape index (κ1) is 15.4. The minimum atomic E-state index is -0.218. The maximum Gasteiger partial charge on any atom is 0.239 e. The summed E-state index contributed by atoms with van der Waals surface area (Å²) in [7, 11) is 0.775. The van der Waals surface area contributed by atoms with Gasteiger partial charge in [0.15, 0.2) is 0 Å². The highest BCUT2D eigenvalue weighted by molar-refractivity contribution is 7.80. The van der Waals surface area contributed by atoms with Gasteiger partial charge in [0.05, 0.1) is 17.8 Å². The Morgan fingerprint density at radius 3 is 2.07 bits per heavy atom. The molecule has 0 aliphatic carbocycles. The lowest BCUT2D eigenvalue weighted by Gasteiger charge is -2.32. The van der Waals surface area contributed by atoms with Gasteiger partial charge in [0, 0.05) is 5.75 Å². The summed E-state index contributed by atoms with van der Waals surface area (Å²) in [4.78, 5) is 0. The van der Waals surface area contributed by atoms with Crippen LogP contribution in [-0.4, -0.2) is 37.5 Å². The van der Waals surface area contributed by atoms with Crippen LogP contribution >= 0.6 is 12.6 Å². The Morgan fingerprint density at radius 1 is 1.13 bits per heavy atom. The van der Waals surface area contributed by atoms with Crippen molar-refractivity contribution in [2.45, 2.75) is 52.5 Å². The Balaban J connectivity index is 3.93. The molecule has 0 atom stereocenters. The summed E-state index contributed by atoms with van der Waals surface area (Å²) in [6.45, 7) is 13.7. The maximum absolute atomic E-state index is 5.78. The van der Waals surface area contributed by atoms with Crippen molar-refractivity contribution in [2.75, 3.05) is 12.4 Å². The second-order valence-corrected chi connectivity index (χ2v) is 5.99. The van der Waals surface area contributed by atoms with E-state index in [1.165, 1.54) is 0 Å². The first-order valence-electron chi connectivity index (χ1n) is 5.57. The summed E-state index contributed by atoms with van der Waals surface area (Å²) in [6.07, 6.45) is 0. The molecular formula is C10H24B2O2S. The Hall–Kier alpha value is 0.400. The minimum absolute atomic E-state index is 0.179. The fraction of sp³-hybridized carbons (Fsp3) is 1.00. The van der Waals surface area contributed by atoms with Crippen molar-refractivity contribution in [2.24, 2.45) is 0 Å². The van der Waals surface area contributed by atoms with Crippen LogP contribution in [0.3, 0.4) is 0 Å². The van der Waals surface area contributed by atoms with E-state index < -0.39 is 0 Å². The number of ether oxygens (including phenoxy) is 1. The molecular weight excluding hydrogens is 206 g/mol. The standard InChI is InChI=1S/C10H24B2O2S/c1-9(2,14-11-12(5)6)7-13-10(3,4)8-15/h11,15H,7-8H2,1-6H3. The van der Waals surface area contributed by atoms with Crippen molar-refractivity contribution in [3.8, 4) is 0 Å². The van der Waals surface area contributed by atoms with Gasteiger partial charge in [0.1, 0.15) is 6.60 Å². The van der Waals surface area contributed by atoms with Crippen LogP contribution in [0, 0.1) is 0 Å². The average Bonchev–Trinajstić information content (AvgIpc) is 2.13. The lowest BCUT2D eigenvalue weighted by molar-refractivity contribution is -0.0685. The Kier molecular flexibility index (Phi) is 6.38. The molecule has 0 rings (SSSR count). The van der Waals surface area contributed by atoms with Crippen LogP contribution in [0.1, 0.15) is 27.7 Å². The summed E-state index contributed by atoms with van der Waals surface area (Å²) < 4.78 is 11.6. The molecule has 2 nitrogen and oxygen atoms in total. The van der Waals surface area contributed by atoms with E-state index in [0.717, 1.165) is 7.37 Å². The molecule has 15 heavy (non-hydrogen) atoms. The summed E-state index contributed by atoms with van der Waals surface area (Å²) in [5.41, 5.74) is -0.397. The van der Waals surface area contributed by atoms with Crippen LogP contribution in [0.25, 0.3) is 0 Å². The highest BCUT2D eigenvalue weighted by Gasteiger charge is 2.24. The zero-order valence-corrected chi connectivity index (χ0v) is 11.9. The van der Waals surface area contributed by atoms with Gasteiger partial charge < -0.3 is 9.39 Å². The second-order valence-electron chi connectivity index (χ2n) is 5.67. The largest absolute Gasteiger partial charge is 0.442 e. The molecule has 0 heterocycles. The number of hydrogen-bond acceptors (Lipinski definition) is 3. The first-order valence-corrected chi connectivity index (χ1v) is 6.20. The fourth-order valence-electron chi connectivity index (χ4n) is 0.849. The number of thiol groups is 1. The average molecular weight is 230 g/mol. The molecule has 0 saturated heterocycles. The van der Waals surface area contributed by atoms with Crippen LogP contribution in [-0.2, 0) is 9.39 Å². The molecule has 0 saturated carbocycles. The van der Waals surface area contributed by atoms with E-state index in [9.17, 15) is 0 Å². The SMILES string of the molecule is CB(C)BOC(C)(C)COC(C)(C)CS. The molecule has 0 aromatic rings. The van der Waals surface area contributed by atoms with E-state index in [4.69, 9.17) is 9.39 Å². The molecule has 0 spiro atoms. The molecule has 5 heteroatoms. The fourth-order valence-corrected chi connectivity index (χ4v) is 0.940. The smallest absolute Gasteiger partial charge is 0.239 e. The molecule has 0 bridgehead atoms. The monoisotopic (exact) mass is 230 g/mol. The Bertz CT molecular complexity index is 184. The van der Waals surface area contributed by atoms with Gasteiger partial charge in [-0.15, -0.1) is 0 Å². The highest BCUT2D eigenvalue weighted by Crippen LogP contribution is 2.16. The van der Waals surface area contributed by atoms with E-state index in [1.807, 2.05) is 13.8 Å². The van der Waals surface area contributed by atoms with Gasteiger partial charge >= 0.3 is 0 Å². The van der Waals surface area contributed by atoms with Crippen LogP contribution in [0.2, 0.25) is 13.6 Å². The zero-order chi connectivity index (χ0) is 12.1. The molecule has 0 fully saturated rings. The summed E-state index contributed by atoms with van der Waals surface area (Å²) in [5, 5.41) is 0.